The number of benzene rings is 3. The first-order valence-corrected chi connectivity index (χ1v) is 11.1. The van der Waals surface area contributed by atoms with Crippen LogP contribution in [0.1, 0.15) is 33.3 Å². The Morgan fingerprint density at radius 3 is 1.97 bits per heavy atom. The second kappa shape index (κ2) is 10.6. The molecule has 0 aliphatic carbocycles. The maximum Gasteiger partial charge on any atom is 0.270 e. The van der Waals surface area contributed by atoms with E-state index in [0.29, 0.717) is 18.9 Å². The lowest BCUT2D eigenvalue weighted by atomic mass is 10.0. The zero-order valence-electron chi connectivity index (χ0n) is 20.0. The van der Waals surface area contributed by atoms with E-state index in [1.165, 1.54) is 24.3 Å². The molecule has 33 heavy (non-hydrogen) atoms. The summed E-state index contributed by atoms with van der Waals surface area (Å²) in [4.78, 5) is 15.3. The van der Waals surface area contributed by atoms with Crippen LogP contribution in [-0.4, -0.2) is 25.2 Å². The normalized spacial score (nSPS) is 11.5. The maximum absolute atomic E-state index is 13.5. The fourth-order valence-corrected chi connectivity index (χ4v) is 3.63. The molecule has 4 nitrogen and oxygen atoms in total. The molecule has 174 valence electrons. The van der Waals surface area contributed by atoms with Crippen LogP contribution < -0.4 is 9.64 Å². The molecule has 0 N–H and O–H groups in total. The van der Waals surface area contributed by atoms with Gasteiger partial charge in [-0.1, -0.05) is 50.2 Å². The summed E-state index contributed by atoms with van der Waals surface area (Å²) in [7, 11) is 1.68. The van der Waals surface area contributed by atoms with Crippen LogP contribution in [-0.2, 0) is 16.1 Å². The number of methoxy groups -OCH3 is 1. The highest BCUT2D eigenvalue weighted by molar-refractivity contribution is 5.99. The second-order valence-electron chi connectivity index (χ2n) is 9.05. The van der Waals surface area contributed by atoms with Crippen LogP contribution >= 0.6 is 0 Å². The summed E-state index contributed by atoms with van der Waals surface area (Å²) in [6.45, 7) is 8.76. The molecule has 0 aromatic heterocycles. The lowest BCUT2D eigenvalue weighted by molar-refractivity contribution is -0.131. The van der Waals surface area contributed by atoms with Gasteiger partial charge in [0.2, 0.25) is 0 Å². The van der Waals surface area contributed by atoms with Crippen LogP contribution in [0.15, 0.2) is 72.8 Å². The minimum atomic E-state index is -1.12. The summed E-state index contributed by atoms with van der Waals surface area (Å²) in [6.07, 6.45) is 0. The van der Waals surface area contributed by atoms with Crippen molar-refractivity contribution in [3.63, 3.8) is 0 Å². The highest BCUT2D eigenvalue weighted by Gasteiger charge is 2.35. The first-order chi connectivity index (χ1) is 15.7. The number of amides is 1. The molecule has 3 aromatic rings. The number of hydrogen-bond acceptors (Lipinski definition) is 3. The highest BCUT2D eigenvalue weighted by atomic mass is 19.1. The van der Waals surface area contributed by atoms with Crippen molar-refractivity contribution in [3.8, 4) is 16.9 Å². The van der Waals surface area contributed by atoms with Gasteiger partial charge < -0.3 is 14.4 Å². The number of carbonyl (C=O) groups is 1. The first kappa shape index (κ1) is 24.5. The summed E-state index contributed by atoms with van der Waals surface area (Å²) in [5, 5.41) is 0. The van der Waals surface area contributed by atoms with E-state index in [1.54, 1.807) is 25.9 Å². The van der Waals surface area contributed by atoms with Gasteiger partial charge in [0.05, 0.1) is 6.61 Å². The highest BCUT2D eigenvalue weighted by Crippen LogP contribution is 2.28. The predicted octanol–water partition coefficient (Wildman–Crippen LogP) is 6.49. The van der Waals surface area contributed by atoms with E-state index < -0.39 is 5.60 Å². The van der Waals surface area contributed by atoms with Gasteiger partial charge in [0.1, 0.15) is 11.6 Å². The maximum atomic E-state index is 13.5. The van der Waals surface area contributed by atoms with Crippen molar-refractivity contribution in [1.29, 1.82) is 0 Å². The molecule has 0 aliphatic rings. The number of anilines is 1. The molecule has 0 fully saturated rings. The predicted molar refractivity (Wildman–Crippen MR) is 131 cm³/mol. The van der Waals surface area contributed by atoms with Gasteiger partial charge in [0.15, 0.2) is 5.60 Å². The quantitative estimate of drug-likeness (QED) is 0.375. The fourth-order valence-electron chi connectivity index (χ4n) is 3.63. The molecule has 0 spiro atoms. The van der Waals surface area contributed by atoms with Crippen molar-refractivity contribution in [1.82, 2.24) is 0 Å². The van der Waals surface area contributed by atoms with Gasteiger partial charge >= 0.3 is 0 Å². The average Bonchev–Trinajstić information content (AvgIpc) is 2.79. The molecular formula is C28H32FNO3. The third kappa shape index (κ3) is 6.42. The zero-order chi connectivity index (χ0) is 24.0. The van der Waals surface area contributed by atoms with Gasteiger partial charge in [-0.05, 0) is 72.9 Å². The third-order valence-corrected chi connectivity index (χ3v) is 5.27. The van der Waals surface area contributed by atoms with E-state index in [4.69, 9.17) is 9.47 Å². The van der Waals surface area contributed by atoms with Crippen LogP contribution in [0.4, 0.5) is 10.1 Å². The summed E-state index contributed by atoms with van der Waals surface area (Å²) in [5.41, 5.74) is 2.98. The van der Waals surface area contributed by atoms with Crippen LogP contribution in [0.25, 0.3) is 11.1 Å². The van der Waals surface area contributed by atoms with Gasteiger partial charge in [0.25, 0.3) is 5.91 Å². The number of hydrogen-bond donors (Lipinski definition) is 0. The van der Waals surface area contributed by atoms with Gasteiger partial charge in [-0.2, -0.15) is 0 Å². The van der Waals surface area contributed by atoms with Crippen molar-refractivity contribution in [2.45, 2.75) is 39.9 Å². The zero-order valence-corrected chi connectivity index (χ0v) is 20.0. The van der Waals surface area contributed by atoms with Gasteiger partial charge in [-0.15, -0.1) is 0 Å². The lowest BCUT2D eigenvalue weighted by Gasteiger charge is -2.33. The SMILES string of the molecule is COCc1ccc(-c2ccc(N(CC(C)C)C(=O)C(C)(C)Oc3ccc(F)cc3)cc2)cc1. The van der Waals surface area contributed by atoms with E-state index in [0.717, 1.165) is 22.4 Å². The van der Waals surface area contributed by atoms with E-state index in [2.05, 4.69) is 38.1 Å². The third-order valence-electron chi connectivity index (χ3n) is 5.27. The Bertz CT molecular complexity index is 1040. The topological polar surface area (TPSA) is 38.8 Å². The Hall–Kier alpha value is -3.18. The van der Waals surface area contributed by atoms with Crippen molar-refractivity contribution < 1.29 is 18.7 Å². The lowest BCUT2D eigenvalue weighted by Crippen LogP contribution is -2.50. The fraction of sp³-hybridized carbons (Fsp3) is 0.321. The van der Waals surface area contributed by atoms with Crippen molar-refractivity contribution >= 4 is 11.6 Å². The number of halogens is 1. The molecule has 0 saturated carbocycles. The minimum absolute atomic E-state index is 0.155. The second-order valence-corrected chi connectivity index (χ2v) is 9.05. The van der Waals surface area contributed by atoms with Gasteiger partial charge in [0, 0.05) is 19.3 Å². The Kier molecular flexibility index (Phi) is 7.88. The smallest absolute Gasteiger partial charge is 0.270 e. The minimum Gasteiger partial charge on any atom is -0.478 e. The van der Waals surface area contributed by atoms with Crippen LogP contribution in [0, 0.1) is 11.7 Å². The van der Waals surface area contributed by atoms with Gasteiger partial charge in [-0.25, -0.2) is 4.39 Å². The summed E-state index contributed by atoms with van der Waals surface area (Å²) in [5.74, 6) is 0.216. The number of ether oxygens (including phenoxy) is 2. The number of rotatable bonds is 9. The molecule has 5 heteroatoms. The molecule has 1 amide bonds. The van der Waals surface area contributed by atoms with Gasteiger partial charge in [-0.3, -0.25) is 4.79 Å². The number of nitrogens with zero attached hydrogens (tertiary/aromatic N) is 1. The molecule has 0 aliphatic heterocycles. The molecule has 3 aromatic carbocycles. The molecule has 0 saturated heterocycles. The molecule has 0 atom stereocenters. The Morgan fingerprint density at radius 2 is 1.45 bits per heavy atom. The van der Waals surface area contributed by atoms with Crippen LogP contribution in [0.3, 0.4) is 0 Å². The summed E-state index contributed by atoms with van der Waals surface area (Å²) >= 11 is 0. The molecule has 0 radical (unpaired) electrons. The first-order valence-electron chi connectivity index (χ1n) is 11.1. The van der Waals surface area contributed by atoms with Crippen molar-refractivity contribution in [2.24, 2.45) is 5.92 Å². The largest absolute Gasteiger partial charge is 0.478 e. The van der Waals surface area contributed by atoms with E-state index in [-0.39, 0.29) is 17.6 Å². The van der Waals surface area contributed by atoms with E-state index >= 15 is 0 Å². The van der Waals surface area contributed by atoms with E-state index in [1.807, 2.05) is 24.3 Å². The van der Waals surface area contributed by atoms with Crippen molar-refractivity contribution in [2.75, 3.05) is 18.6 Å². The monoisotopic (exact) mass is 449 g/mol. The molecule has 0 unspecified atom stereocenters. The molecule has 0 heterocycles. The van der Waals surface area contributed by atoms with Crippen LogP contribution in [0.2, 0.25) is 0 Å². The molecular weight excluding hydrogens is 417 g/mol. The Labute approximate surface area is 196 Å². The molecule has 3 rings (SSSR count). The standard InChI is InChI=1S/C28H32FNO3/c1-20(2)18-30(27(31)28(3,4)33-26-16-12-24(29)13-17-26)25-14-10-23(11-15-25)22-8-6-21(7-9-22)19-32-5/h6-17,20H,18-19H2,1-5H3. The summed E-state index contributed by atoms with van der Waals surface area (Å²) in [6, 6.07) is 21.9. The van der Waals surface area contributed by atoms with E-state index in [9.17, 15) is 9.18 Å². The molecule has 0 bridgehead atoms. The van der Waals surface area contributed by atoms with Crippen molar-refractivity contribution in [3.05, 3.63) is 84.2 Å². The summed E-state index contributed by atoms with van der Waals surface area (Å²) < 4.78 is 24.4. The number of carbonyl (C=O) groups excluding carboxylic acids is 1. The van der Waals surface area contributed by atoms with Crippen LogP contribution in [0.5, 0.6) is 5.75 Å². The Morgan fingerprint density at radius 1 is 0.909 bits per heavy atom. The average molecular weight is 450 g/mol. The Balaban J connectivity index is 1.82.